The summed E-state index contributed by atoms with van der Waals surface area (Å²) in [6.07, 6.45) is 0. The summed E-state index contributed by atoms with van der Waals surface area (Å²) in [6.45, 7) is 5.11. The van der Waals surface area contributed by atoms with Crippen LogP contribution in [0.4, 0.5) is 5.13 Å². The van der Waals surface area contributed by atoms with Crippen molar-refractivity contribution >= 4 is 23.2 Å². The van der Waals surface area contributed by atoms with Gasteiger partial charge in [0.25, 0.3) is 0 Å². The van der Waals surface area contributed by atoms with Crippen LogP contribution in [0.2, 0.25) is 0 Å². The highest BCUT2D eigenvalue weighted by molar-refractivity contribution is 7.13. The lowest BCUT2D eigenvalue weighted by atomic mass is 10.2. The van der Waals surface area contributed by atoms with Gasteiger partial charge in [-0.15, -0.1) is 11.3 Å². The molecule has 0 aliphatic rings. The monoisotopic (exact) mass is 187 g/mol. The molecule has 0 aliphatic heterocycles. The van der Waals surface area contributed by atoms with Gasteiger partial charge in [-0.1, -0.05) is 30.3 Å². The number of aliphatic imine (C=N–C) groups is 1. The van der Waals surface area contributed by atoms with Gasteiger partial charge in [0.15, 0.2) is 0 Å². The van der Waals surface area contributed by atoms with Crippen molar-refractivity contribution in [2.24, 2.45) is 4.99 Å². The number of hydrogen-bond donors (Lipinski definition) is 0. The minimum Gasteiger partial charge on any atom is -0.226 e. The van der Waals surface area contributed by atoms with E-state index in [1.165, 1.54) is 11.3 Å². The minimum atomic E-state index is 0.610. The number of aromatic nitrogens is 1. The van der Waals surface area contributed by atoms with E-state index in [-0.39, 0.29) is 0 Å². The molecule has 0 spiro atoms. The van der Waals surface area contributed by atoms with Gasteiger partial charge in [-0.3, -0.25) is 0 Å². The molecule has 1 aromatic heterocycles. The van der Waals surface area contributed by atoms with E-state index in [1.807, 2.05) is 35.7 Å². The van der Waals surface area contributed by atoms with Crippen LogP contribution in [0.5, 0.6) is 0 Å². The molecule has 0 N–H and O–H groups in total. The second-order valence-electron chi connectivity index (χ2n) is 2.51. The summed E-state index contributed by atoms with van der Waals surface area (Å²) in [6, 6.07) is 9.96. The summed E-state index contributed by atoms with van der Waals surface area (Å²) in [5.41, 5.74) is 2.02. The first-order chi connectivity index (χ1) is 6.40. The highest BCUT2D eigenvalue weighted by Gasteiger charge is 2.01. The van der Waals surface area contributed by atoms with E-state index in [1.54, 1.807) is 0 Å². The Morgan fingerprint density at radius 2 is 2.00 bits per heavy atom. The van der Waals surface area contributed by atoms with E-state index in [9.17, 15) is 0 Å². The molecule has 1 heterocycles. The molecule has 2 aromatic rings. The zero-order valence-electron chi connectivity index (χ0n) is 6.84. The van der Waals surface area contributed by atoms with Crippen molar-refractivity contribution in [2.75, 3.05) is 0 Å². The van der Waals surface area contributed by atoms with Crippen LogP contribution in [-0.2, 0) is 0 Å². The Bertz CT molecular complexity index is 406. The predicted molar refractivity (Wildman–Crippen MR) is 55.7 cm³/mol. The van der Waals surface area contributed by atoms with Gasteiger partial charge >= 0.3 is 0 Å². The van der Waals surface area contributed by atoms with Crippen LogP contribution >= 0.6 is 11.3 Å². The highest BCUT2D eigenvalue weighted by atomic mass is 32.1. The van der Waals surface area contributed by atoms with Crippen molar-refractivity contribution in [3.8, 4) is 11.3 Å². The third kappa shape index (κ3) is 1.65. The van der Waals surface area contributed by atoms with Gasteiger partial charge in [0.1, 0.15) is 0 Å². The molecule has 2 nitrogen and oxygen atoms in total. The largest absolute Gasteiger partial charge is 0.226 e. The molecule has 0 saturated carbocycles. The molecule has 3 heteroatoms. The SMILES string of the molecule is [CH]=Nc1nc(-c2ccccc2)cs1. The first-order valence-corrected chi connectivity index (χ1v) is 4.70. The van der Waals surface area contributed by atoms with Crippen LogP contribution in [0.1, 0.15) is 0 Å². The first-order valence-electron chi connectivity index (χ1n) is 3.82. The minimum absolute atomic E-state index is 0.610. The Morgan fingerprint density at radius 3 is 2.62 bits per heavy atom. The van der Waals surface area contributed by atoms with Gasteiger partial charge in [-0.05, 0) is 0 Å². The molecular weight excluding hydrogens is 180 g/mol. The van der Waals surface area contributed by atoms with Crippen molar-refractivity contribution in [3.63, 3.8) is 0 Å². The van der Waals surface area contributed by atoms with Crippen LogP contribution in [0.15, 0.2) is 40.7 Å². The Morgan fingerprint density at radius 1 is 1.23 bits per heavy atom. The lowest BCUT2D eigenvalue weighted by Gasteiger charge is -1.92. The summed E-state index contributed by atoms with van der Waals surface area (Å²) >= 11 is 1.44. The fraction of sp³-hybridized carbons (Fsp3) is 0. The summed E-state index contributed by atoms with van der Waals surface area (Å²) in [5, 5.41) is 2.56. The van der Waals surface area contributed by atoms with Crippen LogP contribution in [0.25, 0.3) is 11.3 Å². The quantitative estimate of drug-likeness (QED) is 0.663. The van der Waals surface area contributed by atoms with E-state index >= 15 is 0 Å². The lowest BCUT2D eigenvalue weighted by molar-refractivity contribution is 1.36. The molecule has 0 amide bonds. The zero-order chi connectivity index (χ0) is 9.10. The molecule has 0 saturated heterocycles. The van der Waals surface area contributed by atoms with Crippen LogP contribution < -0.4 is 0 Å². The van der Waals surface area contributed by atoms with Crippen molar-refractivity contribution < 1.29 is 0 Å². The molecule has 1 radical (unpaired) electrons. The van der Waals surface area contributed by atoms with Crippen molar-refractivity contribution in [3.05, 3.63) is 35.7 Å². The van der Waals surface area contributed by atoms with Crippen LogP contribution in [0, 0.1) is 0 Å². The Hall–Kier alpha value is -1.48. The fourth-order valence-corrected chi connectivity index (χ4v) is 1.68. The van der Waals surface area contributed by atoms with E-state index in [2.05, 4.69) is 9.98 Å². The second kappa shape index (κ2) is 3.49. The number of hydrogen-bond acceptors (Lipinski definition) is 3. The predicted octanol–water partition coefficient (Wildman–Crippen LogP) is 3.02. The average molecular weight is 187 g/mol. The van der Waals surface area contributed by atoms with E-state index < -0.39 is 0 Å². The van der Waals surface area contributed by atoms with Gasteiger partial charge < -0.3 is 0 Å². The number of thiazole rings is 1. The first kappa shape index (κ1) is 8.13. The summed E-state index contributed by atoms with van der Waals surface area (Å²) in [7, 11) is 0. The molecule has 0 unspecified atom stereocenters. The van der Waals surface area contributed by atoms with E-state index in [4.69, 9.17) is 6.72 Å². The lowest BCUT2D eigenvalue weighted by Crippen LogP contribution is -1.74. The molecule has 0 fully saturated rings. The van der Waals surface area contributed by atoms with Gasteiger partial charge in [-0.25, -0.2) is 9.98 Å². The van der Waals surface area contributed by atoms with Gasteiger partial charge in [0.2, 0.25) is 5.13 Å². The maximum Gasteiger partial charge on any atom is 0.209 e. The smallest absolute Gasteiger partial charge is 0.209 e. The maximum absolute atomic E-state index is 5.11. The standard InChI is InChI=1S/C10H7N2S/c1-11-10-12-9(7-13-10)8-5-3-2-4-6-8/h1-7H. The van der Waals surface area contributed by atoms with Crippen molar-refractivity contribution in [1.29, 1.82) is 0 Å². The zero-order valence-corrected chi connectivity index (χ0v) is 7.66. The van der Waals surface area contributed by atoms with Crippen molar-refractivity contribution in [2.45, 2.75) is 0 Å². The Kier molecular flexibility index (Phi) is 2.19. The third-order valence-electron chi connectivity index (χ3n) is 1.67. The molecule has 63 valence electrons. The molecule has 1 aromatic carbocycles. The fourth-order valence-electron chi connectivity index (χ4n) is 1.07. The van der Waals surface area contributed by atoms with Crippen LogP contribution in [-0.4, -0.2) is 11.7 Å². The summed E-state index contributed by atoms with van der Waals surface area (Å²) in [5.74, 6) is 0. The summed E-state index contributed by atoms with van der Waals surface area (Å²) in [4.78, 5) is 7.75. The number of nitrogens with zero attached hydrogens (tertiary/aromatic N) is 2. The maximum atomic E-state index is 5.11. The van der Waals surface area contributed by atoms with E-state index in [0.717, 1.165) is 11.3 Å². The van der Waals surface area contributed by atoms with E-state index in [0.29, 0.717) is 5.13 Å². The topological polar surface area (TPSA) is 25.2 Å². The molecule has 0 aliphatic carbocycles. The molecule has 0 atom stereocenters. The number of rotatable bonds is 2. The molecule has 0 bridgehead atoms. The third-order valence-corrected chi connectivity index (χ3v) is 2.42. The van der Waals surface area contributed by atoms with Gasteiger partial charge in [0.05, 0.1) is 5.69 Å². The second-order valence-corrected chi connectivity index (χ2v) is 3.35. The number of benzene rings is 1. The molecule has 2 rings (SSSR count). The summed E-state index contributed by atoms with van der Waals surface area (Å²) < 4.78 is 0. The van der Waals surface area contributed by atoms with Crippen LogP contribution in [0.3, 0.4) is 0 Å². The van der Waals surface area contributed by atoms with Crippen molar-refractivity contribution in [1.82, 2.24) is 4.98 Å². The average Bonchev–Trinajstić information content (AvgIpc) is 2.67. The molecule has 13 heavy (non-hydrogen) atoms. The highest BCUT2D eigenvalue weighted by Crippen LogP contribution is 2.25. The Balaban J connectivity index is 2.41. The van der Waals surface area contributed by atoms with Gasteiger partial charge in [0, 0.05) is 17.7 Å². The van der Waals surface area contributed by atoms with Gasteiger partial charge in [-0.2, -0.15) is 0 Å². The normalized spacial score (nSPS) is 9.85. The Labute approximate surface area is 80.6 Å². The molecular formula is C10H7N2S.